The Labute approximate surface area is 134 Å². The number of pyridine rings is 1. The number of aromatic nitrogens is 1. The van der Waals surface area contributed by atoms with Gasteiger partial charge in [-0.25, -0.2) is 4.98 Å². The summed E-state index contributed by atoms with van der Waals surface area (Å²) >= 11 is 1.55. The standard InChI is InChI=1S/C16H18N2O3S/c1-20-12-6-7-14(21-2)13(11-12)18-15(19)8-10-22-16-5-3-4-9-17-16/h3-7,9,11H,8,10H2,1-2H3,(H,18,19). The molecule has 0 radical (unpaired) electrons. The molecule has 0 saturated heterocycles. The molecule has 0 saturated carbocycles. The minimum absolute atomic E-state index is 0.0741. The summed E-state index contributed by atoms with van der Waals surface area (Å²) in [5.74, 6) is 1.86. The van der Waals surface area contributed by atoms with Crippen molar-refractivity contribution in [3.8, 4) is 11.5 Å². The molecular formula is C16H18N2O3S. The SMILES string of the molecule is COc1ccc(OC)c(NC(=O)CCSc2ccccn2)c1. The van der Waals surface area contributed by atoms with Crippen molar-refractivity contribution in [1.29, 1.82) is 0 Å². The van der Waals surface area contributed by atoms with Gasteiger partial charge in [0.25, 0.3) is 0 Å². The highest BCUT2D eigenvalue weighted by Crippen LogP contribution is 2.29. The van der Waals surface area contributed by atoms with Gasteiger partial charge < -0.3 is 14.8 Å². The summed E-state index contributed by atoms with van der Waals surface area (Å²) in [6.07, 6.45) is 2.13. The van der Waals surface area contributed by atoms with Gasteiger partial charge in [-0.1, -0.05) is 6.07 Å². The molecule has 2 rings (SSSR count). The first-order valence-electron chi connectivity index (χ1n) is 6.78. The lowest BCUT2D eigenvalue weighted by molar-refractivity contribution is -0.115. The van der Waals surface area contributed by atoms with Crippen LogP contribution in [-0.4, -0.2) is 30.9 Å². The average Bonchev–Trinajstić information content (AvgIpc) is 2.55. The van der Waals surface area contributed by atoms with E-state index in [1.807, 2.05) is 18.2 Å². The number of benzene rings is 1. The molecule has 0 unspecified atom stereocenters. The molecular weight excluding hydrogens is 300 g/mol. The first kappa shape index (κ1) is 16.2. The highest BCUT2D eigenvalue weighted by Gasteiger charge is 2.09. The van der Waals surface area contributed by atoms with E-state index in [-0.39, 0.29) is 5.91 Å². The van der Waals surface area contributed by atoms with Crippen LogP contribution in [0.4, 0.5) is 5.69 Å². The third-order valence-corrected chi connectivity index (χ3v) is 3.84. The summed E-state index contributed by atoms with van der Waals surface area (Å²) in [5, 5.41) is 3.76. The van der Waals surface area contributed by atoms with Gasteiger partial charge in [0.05, 0.1) is 24.9 Å². The number of anilines is 1. The average molecular weight is 318 g/mol. The summed E-state index contributed by atoms with van der Waals surface area (Å²) in [7, 11) is 3.14. The topological polar surface area (TPSA) is 60.5 Å². The third kappa shape index (κ3) is 4.66. The summed E-state index contributed by atoms with van der Waals surface area (Å²) in [6, 6.07) is 11.0. The van der Waals surface area contributed by atoms with E-state index in [1.165, 1.54) is 0 Å². The fourth-order valence-corrected chi connectivity index (χ4v) is 2.61. The highest BCUT2D eigenvalue weighted by molar-refractivity contribution is 7.99. The quantitative estimate of drug-likeness (QED) is 0.794. The van der Waals surface area contributed by atoms with Crippen molar-refractivity contribution in [2.45, 2.75) is 11.4 Å². The molecule has 1 aromatic carbocycles. The molecule has 1 heterocycles. The third-order valence-electron chi connectivity index (χ3n) is 2.90. The van der Waals surface area contributed by atoms with Gasteiger partial charge in [-0.3, -0.25) is 4.79 Å². The predicted molar refractivity (Wildman–Crippen MR) is 87.8 cm³/mol. The van der Waals surface area contributed by atoms with Gasteiger partial charge in [0, 0.05) is 24.4 Å². The van der Waals surface area contributed by atoms with E-state index >= 15 is 0 Å². The van der Waals surface area contributed by atoms with E-state index in [0.29, 0.717) is 29.4 Å². The number of hydrogen-bond donors (Lipinski definition) is 1. The van der Waals surface area contributed by atoms with Crippen molar-refractivity contribution < 1.29 is 14.3 Å². The van der Waals surface area contributed by atoms with E-state index in [1.54, 1.807) is 50.4 Å². The normalized spacial score (nSPS) is 10.1. The second-order valence-corrected chi connectivity index (χ2v) is 5.50. The molecule has 0 bridgehead atoms. The lowest BCUT2D eigenvalue weighted by Gasteiger charge is -2.11. The zero-order chi connectivity index (χ0) is 15.8. The van der Waals surface area contributed by atoms with E-state index in [9.17, 15) is 4.79 Å². The molecule has 0 aliphatic carbocycles. The lowest BCUT2D eigenvalue weighted by Crippen LogP contribution is -2.13. The van der Waals surface area contributed by atoms with Crippen LogP contribution in [0.1, 0.15) is 6.42 Å². The molecule has 0 spiro atoms. The molecule has 1 amide bonds. The van der Waals surface area contributed by atoms with Gasteiger partial charge in [0.15, 0.2) is 0 Å². The molecule has 1 aromatic heterocycles. The minimum atomic E-state index is -0.0741. The number of amides is 1. The van der Waals surface area contributed by atoms with Crippen LogP contribution >= 0.6 is 11.8 Å². The smallest absolute Gasteiger partial charge is 0.225 e. The minimum Gasteiger partial charge on any atom is -0.497 e. The number of hydrogen-bond acceptors (Lipinski definition) is 5. The van der Waals surface area contributed by atoms with E-state index < -0.39 is 0 Å². The van der Waals surface area contributed by atoms with E-state index in [4.69, 9.17) is 9.47 Å². The molecule has 0 fully saturated rings. The Morgan fingerprint density at radius 3 is 2.77 bits per heavy atom. The number of thioether (sulfide) groups is 1. The Morgan fingerprint density at radius 1 is 1.23 bits per heavy atom. The van der Waals surface area contributed by atoms with Gasteiger partial charge in [0.1, 0.15) is 11.5 Å². The number of carbonyl (C=O) groups excluding carboxylic acids is 1. The highest BCUT2D eigenvalue weighted by atomic mass is 32.2. The summed E-state index contributed by atoms with van der Waals surface area (Å²) in [4.78, 5) is 16.2. The number of rotatable bonds is 7. The Balaban J connectivity index is 1.89. The fraction of sp³-hybridized carbons (Fsp3) is 0.250. The van der Waals surface area contributed by atoms with Crippen LogP contribution in [0.3, 0.4) is 0 Å². The van der Waals surface area contributed by atoms with E-state index in [0.717, 1.165) is 5.03 Å². The Bertz CT molecular complexity index is 620. The number of nitrogens with one attached hydrogen (secondary N) is 1. The predicted octanol–water partition coefficient (Wildman–Crippen LogP) is 3.22. The largest absolute Gasteiger partial charge is 0.497 e. The Morgan fingerprint density at radius 2 is 2.09 bits per heavy atom. The van der Waals surface area contributed by atoms with Crippen LogP contribution in [0.15, 0.2) is 47.6 Å². The second kappa shape index (κ2) is 8.29. The van der Waals surface area contributed by atoms with Crippen LogP contribution < -0.4 is 14.8 Å². The van der Waals surface area contributed by atoms with Gasteiger partial charge in [-0.05, 0) is 24.3 Å². The number of nitrogens with zero attached hydrogens (tertiary/aromatic N) is 1. The lowest BCUT2D eigenvalue weighted by atomic mass is 10.2. The molecule has 1 N–H and O–H groups in total. The zero-order valence-corrected chi connectivity index (χ0v) is 13.4. The molecule has 6 heteroatoms. The van der Waals surface area contributed by atoms with Gasteiger partial charge in [0.2, 0.25) is 5.91 Å². The van der Waals surface area contributed by atoms with Crippen LogP contribution in [0.5, 0.6) is 11.5 Å². The molecule has 5 nitrogen and oxygen atoms in total. The summed E-state index contributed by atoms with van der Waals surface area (Å²) < 4.78 is 10.4. The number of ether oxygens (including phenoxy) is 2. The number of carbonyl (C=O) groups is 1. The Hall–Kier alpha value is -2.21. The maximum Gasteiger partial charge on any atom is 0.225 e. The summed E-state index contributed by atoms with van der Waals surface area (Å²) in [5.41, 5.74) is 0.606. The molecule has 2 aromatic rings. The van der Waals surface area contributed by atoms with E-state index in [2.05, 4.69) is 10.3 Å². The van der Waals surface area contributed by atoms with Crippen molar-refractivity contribution in [2.24, 2.45) is 0 Å². The van der Waals surface area contributed by atoms with Crippen molar-refractivity contribution in [2.75, 3.05) is 25.3 Å². The van der Waals surface area contributed by atoms with Crippen LogP contribution in [0.25, 0.3) is 0 Å². The van der Waals surface area contributed by atoms with Gasteiger partial charge >= 0.3 is 0 Å². The van der Waals surface area contributed by atoms with Crippen molar-refractivity contribution in [3.05, 3.63) is 42.6 Å². The van der Waals surface area contributed by atoms with Gasteiger partial charge in [-0.15, -0.1) is 11.8 Å². The van der Waals surface area contributed by atoms with Crippen LogP contribution in [-0.2, 0) is 4.79 Å². The maximum atomic E-state index is 12.0. The van der Waals surface area contributed by atoms with Crippen LogP contribution in [0.2, 0.25) is 0 Å². The van der Waals surface area contributed by atoms with Crippen molar-refractivity contribution in [3.63, 3.8) is 0 Å². The molecule has 0 atom stereocenters. The first-order chi connectivity index (χ1) is 10.7. The zero-order valence-electron chi connectivity index (χ0n) is 12.5. The second-order valence-electron chi connectivity index (χ2n) is 4.38. The fourth-order valence-electron chi connectivity index (χ4n) is 1.81. The van der Waals surface area contributed by atoms with Crippen molar-refractivity contribution in [1.82, 2.24) is 4.98 Å². The molecule has 0 aliphatic heterocycles. The molecule has 22 heavy (non-hydrogen) atoms. The number of methoxy groups -OCH3 is 2. The molecule has 116 valence electrons. The first-order valence-corrected chi connectivity index (χ1v) is 7.77. The van der Waals surface area contributed by atoms with Crippen LogP contribution in [0, 0.1) is 0 Å². The monoisotopic (exact) mass is 318 g/mol. The van der Waals surface area contributed by atoms with Crippen molar-refractivity contribution >= 4 is 23.4 Å². The Kier molecular flexibility index (Phi) is 6.09. The van der Waals surface area contributed by atoms with Gasteiger partial charge in [-0.2, -0.15) is 0 Å². The maximum absolute atomic E-state index is 12.0. The summed E-state index contributed by atoms with van der Waals surface area (Å²) in [6.45, 7) is 0. The molecule has 0 aliphatic rings.